The van der Waals surface area contributed by atoms with Crippen LogP contribution in [0.1, 0.15) is 56.2 Å². The first kappa shape index (κ1) is 30.3. The minimum atomic E-state index is -0.914. The highest BCUT2D eigenvalue weighted by Crippen LogP contribution is 2.19. The molecule has 2 bridgehead atoms. The first-order chi connectivity index (χ1) is 18.9. The average molecular weight is 540 g/mol. The van der Waals surface area contributed by atoms with Crippen LogP contribution in [-0.2, 0) is 29.0 Å². The second-order valence-electron chi connectivity index (χ2n) is 10.0. The van der Waals surface area contributed by atoms with E-state index in [2.05, 4.69) is 29.7 Å². The summed E-state index contributed by atoms with van der Waals surface area (Å²) < 4.78 is 20.2. The lowest BCUT2D eigenvalue weighted by molar-refractivity contribution is -0.131. The van der Waals surface area contributed by atoms with Gasteiger partial charge in [0.2, 0.25) is 11.8 Å². The molecule has 0 fully saturated rings. The molecule has 2 amide bonds. The maximum Gasteiger partial charge on any atom is 0.222 e. The molecule has 2 aromatic rings. The van der Waals surface area contributed by atoms with Crippen molar-refractivity contribution in [3.8, 4) is 5.75 Å². The predicted octanol–water partition coefficient (Wildman–Crippen LogP) is 3.92. The van der Waals surface area contributed by atoms with Crippen molar-refractivity contribution in [1.82, 2.24) is 15.5 Å². The largest absolute Gasteiger partial charge is 0.489 e. The molecular formula is C31H42FN3O4. The van der Waals surface area contributed by atoms with E-state index in [0.29, 0.717) is 37.4 Å². The van der Waals surface area contributed by atoms with Gasteiger partial charge in [-0.25, -0.2) is 4.39 Å². The summed E-state index contributed by atoms with van der Waals surface area (Å²) in [6.45, 7) is 6.27. The summed E-state index contributed by atoms with van der Waals surface area (Å²) in [7, 11) is 0. The van der Waals surface area contributed by atoms with Gasteiger partial charge in [-0.15, -0.1) is 0 Å². The van der Waals surface area contributed by atoms with Gasteiger partial charge in [0.25, 0.3) is 0 Å². The number of ether oxygens (including phenoxy) is 1. The minimum absolute atomic E-state index is 0.00110. The minimum Gasteiger partial charge on any atom is -0.489 e. The topological polar surface area (TPSA) is 90.9 Å². The van der Waals surface area contributed by atoms with E-state index in [1.165, 1.54) is 17.7 Å². The van der Waals surface area contributed by atoms with Gasteiger partial charge in [-0.05, 0) is 60.6 Å². The van der Waals surface area contributed by atoms with Crippen LogP contribution in [0.4, 0.5) is 4.39 Å². The molecule has 0 spiro atoms. The van der Waals surface area contributed by atoms with Crippen LogP contribution in [0.15, 0.2) is 54.6 Å². The number of hydrogen-bond acceptors (Lipinski definition) is 5. The molecule has 0 saturated heterocycles. The first-order valence-electron chi connectivity index (χ1n) is 14.0. The lowest BCUT2D eigenvalue weighted by Crippen LogP contribution is -2.48. The van der Waals surface area contributed by atoms with Gasteiger partial charge >= 0.3 is 0 Å². The number of hydrogen-bond donors (Lipinski definition) is 3. The number of aryl methyl sites for hydroxylation is 1. The molecule has 2 aromatic carbocycles. The van der Waals surface area contributed by atoms with Crippen LogP contribution in [-0.4, -0.2) is 60.2 Å². The first-order valence-corrected chi connectivity index (χ1v) is 14.0. The van der Waals surface area contributed by atoms with Crippen LogP contribution in [0.5, 0.6) is 5.75 Å². The monoisotopic (exact) mass is 539 g/mol. The zero-order chi connectivity index (χ0) is 28.0. The van der Waals surface area contributed by atoms with Gasteiger partial charge in [-0.1, -0.05) is 44.2 Å². The summed E-state index contributed by atoms with van der Waals surface area (Å²) in [4.78, 5) is 27.3. The standard InChI is InChI=1S/C31H42FN3O4/c1-3-13-35-14-5-6-15-39-27-18-25(17-26(32)20-27)19-28(34-30(37)11-8-12-31(35)38)29(36)22-33-21-24-10-7-9-23(4-2)16-24/h5-7,9-10,16-18,20,28-29,33,36H,3-4,8,11-15,19,21-22H2,1-2H3,(H,34,37)/b6-5+. The fourth-order valence-electron chi connectivity index (χ4n) is 4.66. The van der Waals surface area contributed by atoms with Crippen LogP contribution in [0.2, 0.25) is 0 Å². The number of nitrogens with one attached hydrogen (secondary N) is 2. The Hall–Kier alpha value is -3.23. The van der Waals surface area contributed by atoms with E-state index in [1.54, 1.807) is 11.0 Å². The molecular weight excluding hydrogens is 497 g/mol. The number of amides is 2. The average Bonchev–Trinajstić information content (AvgIpc) is 2.91. The van der Waals surface area contributed by atoms with E-state index in [9.17, 15) is 19.1 Å². The van der Waals surface area contributed by atoms with Crippen molar-refractivity contribution in [2.24, 2.45) is 0 Å². The number of carbonyl (C=O) groups excluding carboxylic acids is 2. The number of nitrogens with zero attached hydrogens (tertiary/aromatic N) is 1. The molecule has 0 radical (unpaired) electrons. The molecule has 212 valence electrons. The van der Waals surface area contributed by atoms with Crippen molar-refractivity contribution >= 4 is 11.8 Å². The van der Waals surface area contributed by atoms with E-state index in [-0.39, 0.29) is 44.2 Å². The zero-order valence-corrected chi connectivity index (χ0v) is 23.1. The van der Waals surface area contributed by atoms with Crippen LogP contribution >= 0.6 is 0 Å². The summed E-state index contributed by atoms with van der Waals surface area (Å²) in [6, 6.07) is 12.0. The number of halogens is 1. The Morgan fingerprint density at radius 3 is 2.74 bits per heavy atom. The number of benzene rings is 2. The molecule has 0 saturated carbocycles. The number of carbonyl (C=O) groups is 2. The van der Waals surface area contributed by atoms with Crippen molar-refractivity contribution in [3.05, 3.63) is 77.1 Å². The van der Waals surface area contributed by atoms with Crippen LogP contribution in [0.25, 0.3) is 0 Å². The molecule has 2 atom stereocenters. The van der Waals surface area contributed by atoms with Crippen molar-refractivity contribution in [3.63, 3.8) is 0 Å². The molecule has 0 aliphatic carbocycles. The maximum absolute atomic E-state index is 14.4. The fourth-order valence-corrected chi connectivity index (χ4v) is 4.66. The third-order valence-electron chi connectivity index (χ3n) is 6.76. The Bertz CT molecular complexity index is 1110. The number of aliphatic hydroxyl groups is 1. The van der Waals surface area contributed by atoms with E-state index >= 15 is 0 Å². The molecule has 1 aliphatic heterocycles. The number of aliphatic hydroxyl groups excluding tert-OH is 1. The van der Waals surface area contributed by atoms with Gasteiger partial charge in [-0.3, -0.25) is 9.59 Å². The molecule has 8 heteroatoms. The Labute approximate surface area is 231 Å². The van der Waals surface area contributed by atoms with Crippen molar-refractivity contribution < 1.29 is 23.8 Å². The molecule has 3 rings (SSSR count). The summed E-state index contributed by atoms with van der Waals surface area (Å²) in [6.07, 6.45) is 5.64. The van der Waals surface area contributed by atoms with Crippen LogP contribution in [0, 0.1) is 5.82 Å². The van der Waals surface area contributed by atoms with E-state index < -0.39 is 18.0 Å². The molecule has 1 aliphatic rings. The van der Waals surface area contributed by atoms with Gasteiger partial charge < -0.3 is 25.4 Å². The molecule has 1 heterocycles. The summed E-state index contributed by atoms with van der Waals surface area (Å²) in [5, 5.41) is 17.3. The molecule has 3 N–H and O–H groups in total. The summed E-state index contributed by atoms with van der Waals surface area (Å²) in [5.41, 5.74) is 2.97. The Kier molecular flexibility index (Phi) is 12.4. The third-order valence-corrected chi connectivity index (χ3v) is 6.76. The van der Waals surface area contributed by atoms with Crippen molar-refractivity contribution in [1.29, 1.82) is 0 Å². The lowest BCUT2D eigenvalue weighted by atomic mass is 10.00. The Morgan fingerprint density at radius 2 is 1.95 bits per heavy atom. The smallest absolute Gasteiger partial charge is 0.222 e. The lowest BCUT2D eigenvalue weighted by Gasteiger charge is -2.25. The molecule has 39 heavy (non-hydrogen) atoms. The fraction of sp³-hybridized carbons (Fsp3) is 0.484. The third kappa shape index (κ3) is 10.5. The summed E-state index contributed by atoms with van der Waals surface area (Å²) in [5.74, 6) is -0.325. The van der Waals surface area contributed by atoms with Crippen LogP contribution < -0.4 is 15.4 Å². The number of fused-ring (bicyclic) bond motifs is 2. The van der Waals surface area contributed by atoms with Gasteiger partial charge in [0.05, 0.1) is 12.1 Å². The van der Waals surface area contributed by atoms with E-state index in [0.717, 1.165) is 18.4 Å². The molecule has 2 unspecified atom stereocenters. The normalized spacial score (nSPS) is 19.1. The Morgan fingerprint density at radius 1 is 1.13 bits per heavy atom. The summed E-state index contributed by atoms with van der Waals surface area (Å²) >= 11 is 0. The Balaban J connectivity index is 1.73. The van der Waals surface area contributed by atoms with Crippen LogP contribution in [0.3, 0.4) is 0 Å². The highest BCUT2D eigenvalue weighted by Gasteiger charge is 2.23. The van der Waals surface area contributed by atoms with Gasteiger partial charge in [0, 0.05) is 45.1 Å². The maximum atomic E-state index is 14.4. The molecule has 0 aromatic heterocycles. The SMILES string of the molecule is CCCN1C/C=C/COc2cc(F)cc(c2)CC(C(O)CNCc2cccc(CC)c2)NC(=O)CCCC1=O. The highest BCUT2D eigenvalue weighted by molar-refractivity contribution is 5.79. The quantitative estimate of drug-likeness (QED) is 0.443. The zero-order valence-electron chi connectivity index (χ0n) is 23.1. The number of rotatable bonds is 8. The van der Waals surface area contributed by atoms with Crippen molar-refractivity contribution in [2.75, 3.05) is 26.2 Å². The highest BCUT2D eigenvalue weighted by atomic mass is 19.1. The predicted molar refractivity (Wildman–Crippen MR) is 151 cm³/mol. The second-order valence-corrected chi connectivity index (χ2v) is 10.0. The van der Waals surface area contributed by atoms with Crippen molar-refractivity contribution in [2.45, 2.75) is 71.1 Å². The molecule has 7 nitrogen and oxygen atoms in total. The second kappa shape index (κ2) is 16.0. The van der Waals surface area contributed by atoms with Gasteiger partial charge in [-0.2, -0.15) is 0 Å². The van der Waals surface area contributed by atoms with E-state index in [1.807, 2.05) is 31.2 Å². The van der Waals surface area contributed by atoms with E-state index in [4.69, 9.17) is 4.74 Å². The van der Waals surface area contributed by atoms with Gasteiger partial charge in [0.1, 0.15) is 18.2 Å². The van der Waals surface area contributed by atoms with Gasteiger partial charge in [0.15, 0.2) is 0 Å².